The summed E-state index contributed by atoms with van der Waals surface area (Å²) in [6.07, 6.45) is -0.0970. The van der Waals surface area contributed by atoms with Crippen LogP contribution in [0.3, 0.4) is 0 Å². The molecule has 0 fully saturated rings. The molecule has 0 aliphatic carbocycles. The van der Waals surface area contributed by atoms with E-state index >= 15 is 0 Å². The minimum Gasteiger partial charge on any atom is -0.756 e. The van der Waals surface area contributed by atoms with Gasteiger partial charge in [0.2, 0.25) is 0 Å². The molecule has 3 N–H and O–H groups in total. The molecule has 0 radical (unpaired) electrons. The number of carbonyl (C=O) groups is 1. The third-order valence-corrected chi connectivity index (χ3v) is 3.00. The van der Waals surface area contributed by atoms with Gasteiger partial charge in [0, 0.05) is 0 Å². The second-order valence-corrected chi connectivity index (χ2v) is 6.27. The molecule has 0 aromatic carbocycles. The molecule has 108 valence electrons. The zero-order chi connectivity index (χ0) is 14.4. The highest BCUT2D eigenvalue weighted by molar-refractivity contribution is 7.45. The summed E-state index contributed by atoms with van der Waals surface area (Å²) in [6.45, 7) is 0.206. The number of aliphatic carboxylic acids is 1. The highest BCUT2D eigenvalue weighted by Gasteiger charge is 2.16. The normalized spacial score (nSPS) is 17.2. The van der Waals surface area contributed by atoms with Crippen LogP contribution < -0.4 is 10.6 Å². The van der Waals surface area contributed by atoms with Crippen LogP contribution in [0.2, 0.25) is 0 Å². The maximum atomic E-state index is 11.3. The van der Waals surface area contributed by atoms with Crippen molar-refractivity contribution in [2.75, 3.05) is 40.9 Å². The maximum Gasteiger partial charge on any atom is 0.320 e. The van der Waals surface area contributed by atoms with Gasteiger partial charge in [0.15, 0.2) is 0 Å². The fourth-order valence-electron chi connectivity index (χ4n) is 0.879. The second kappa shape index (κ2) is 7.18. The zero-order valence-corrected chi connectivity index (χ0v) is 11.8. The van der Waals surface area contributed by atoms with Gasteiger partial charge >= 0.3 is 5.97 Å². The summed E-state index contributed by atoms with van der Waals surface area (Å²) in [5.74, 6) is -1.20. The predicted molar refractivity (Wildman–Crippen MR) is 62.6 cm³/mol. The molecule has 0 rings (SSSR count). The van der Waals surface area contributed by atoms with Crippen LogP contribution in [0.4, 0.5) is 0 Å². The van der Waals surface area contributed by atoms with Crippen LogP contribution in [-0.2, 0) is 18.4 Å². The van der Waals surface area contributed by atoms with Gasteiger partial charge in [0.05, 0.1) is 27.7 Å². The Labute approximate surface area is 106 Å². The number of nitrogens with zero attached hydrogens (tertiary/aromatic N) is 1. The summed E-state index contributed by atoms with van der Waals surface area (Å²) in [5.41, 5.74) is 5.19. The van der Waals surface area contributed by atoms with Crippen molar-refractivity contribution in [3.05, 3.63) is 0 Å². The van der Waals surface area contributed by atoms with Crippen LogP contribution >= 0.6 is 7.82 Å². The number of carboxylic acid groups (broad SMARTS) is 1. The number of phosphoric ester groups is 1. The number of hydrogen-bond acceptors (Lipinski definition) is 6. The highest BCUT2D eigenvalue weighted by Crippen LogP contribution is 2.38. The lowest BCUT2D eigenvalue weighted by Crippen LogP contribution is -2.37. The number of hydrogen-bond donors (Lipinski definition) is 2. The molecule has 0 aliphatic heterocycles. The van der Waals surface area contributed by atoms with Crippen molar-refractivity contribution in [1.29, 1.82) is 0 Å². The number of nitrogens with two attached hydrogens (primary N) is 1. The lowest BCUT2D eigenvalue weighted by molar-refractivity contribution is -0.870. The first kappa shape index (κ1) is 17.5. The molecule has 18 heavy (non-hydrogen) atoms. The van der Waals surface area contributed by atoms with Gasteiger partial charge in [0.25, 0.3) is 7.82 Å². The van der Waals surface area contributed by atoms with E-state index in [4.69, 9.17) is 10.8 Å². The first-order valence-electron chi connectivity index (χ1n) is 5.42. The van der Waals surface area contributed by atoms with Gasteiger partial charge in [-0.05, 0) is 6.42 Å². The van der Waals surface area contributed by atoms with E-state index in [0.29, 0.717) is 11.0 Å². The van der Waals surface area contributed by atoms with Gasteiger partial charge in [-0.25, -0.2) is 0 Å². The topological polar surface area (TPSA) is 122 Å². The minimum absolute atomic E-state index is 0.00919. The smallest absolute Gasteiger partial charge is 0.320 e. The number of likely N-dealkylation sites (N-methyl/N-ethyl adjacent to an activating group) is 1. The Morgan fingerprint density at radius 3 is 2.33 bits per heavy atom. The SMILES string of the molecule is C[N+](C)(C)CCOP(=O)([O-])OCC[C@H](N)C(=O)O. The molecule has 1 unspecified atom stereocenters. The number of phosphoric acid groups is 1. The first-order chi connectivity index (χ1) is 8.03. The monoisotopic (exact) mass is 284 g/mol. The van der Waals surface area contributed by atoms with Crippen LogP contribution in [-0.4, -0.2) is 62.5 Å². The van der Waals surface area contributed by atoms with Gasteiger partial charge in [-0.1, -0.05) is 0 Å². The Hall–Kier alpha value is -0.500. The fourth-order valence-corrected chi connectivity index (χ4v) is 1.59. The van der Waals surface area contributed by atoms with Crippen LogP contribution in [0.1, 0.15) is 6.42 Å². The van der Waals surface area contributed by atoms with Crippen LogP contribution in [0.5, 0.6) is 0 Å². The van der Waals surface area contributed by atoms with Crippen LogP contribution in [0, 0.1) is 0 Å². The van der Waals surface area contributed by atoms with E-state index in [1.165, 1.54) is 0 Å². The van der Waals surface area contributed by atoms with E-state index in [0.717, 1.165) is 0 Å². The van der Waals surface area contributed by atoms with E-state index in [2.05, 4.69) is 9.05 Å². The summed E-state index contributed by atoms with van der Waals surface area (Å²) >= 11 is 0. The summed E-state index contributed by atoms with van der Waals surface area (Å²) < 4.78 is 20.9. The number of rotatable bonds is 9. The molecule has 0 saturated carbocycles. The van der Waals surface area contributed by atoms with E-state index in [1.807, 2.05) is 21.1 Å². The van der Waals surface area contributed by atoms with E-state index in [-0.39, 0.29) is 19.6 Å². The predicted octanol–water partition coefficient (Wildman–Crippen LogP) is -1.00. The van der Waals surface area contributed by atoms with Gasteiger partial charge in [-0.2, -0.15) is 0 Å². The number of carboxylic acids is 1. The molecule has 0 aromatic heterocycles. The highest BCUT2D eigenvalue weighted by atomic mass is 31.2. The van der Waals surface area contributed by atoms with Gasteiger partial charge < -0.3 is 29.3 Å². The van der Waals surface area contributed by atoms with E-state index in [1.54, 1.807) is 0 Å². The molecule has 8 nitrogen and oxygen atoms in total. The summed E-state index contributed by atoms with van der Waals surface area (Å²) in [4.78, 5) is 21.6. The van der Waals surface area contributed by atoms with Crippen molar-refractivity contribution in [2.45, 2.75) is 12.5 Å². The van der Waals surface area contributed by atoms with Gasteiger partial charge in [-0.15, -0.1) is 0 Å². The van der Waals surface area contributed by atoms with Crippen molar-refractivity contribution in [3.63, 3.8) is 0 Å². The lowest BCUT2D eigenvalue weighted by atomic mass is 10.2. The minimum atomic E-state index is -4.37. The average molecular weight is 284 g/mol. The summed E-state index contributed by atoms with van der Waals surface area (Å²) in [7, 11) is 1.31. The molecule has 0 spiro atoms. The first-order valence-corrected chi connectivity index (χ1v) is 6.88. The third-order valence-electron chi connectivity index (χ3n) is 2.01. The molecule has 9 heteroatoms. The fraction of sp³-hybridized carbons (Fsp3) is 0.889. The van der Waals surface area contributed by atoms with Crippen LogP contribution in [0.15, 0.2) is 0 Å². The molecule has 0 aromatic rings. The standard InChI is InChI=1S/C9H21N2O6P/c1-11(2,3)5-7-17-18(14,15)16-6-4-8(10)9(12)13/h8H,4-7,10H2,1-3H3,(H-,12,13,14,15)/t8-/m0/s1. The Morgan fingerprint density at radius 1 is 1.39 bits per heavy atom. The van der Waals surface area contributed by atoms with Gasteiger partial charge in [-0.3, -0.25) is 9.36 Å². The van der Waals surface area contributed by atoms with Crippen molar-refractivity contribution >= 4 is 13.8 Å². The Morgan fingerprint density at radius 2 is 1.89 bits per heavy atom. The Balaban J connectivity index is 3.87. The molecule has 0 saturated heterocycles. The maximum absolute atomic E-state index is 11.3. The number of quaternary nitrogens is 1. The Bertz CT molecular complexity index is 317. The molecule has 0 amide bonds. The quantitative estimate of drug-likeness (QED) is 0.411. The molecule has 0 aliphatic rings. The molecule has 0 heterocycles. The van der Waals surface area contributed by atoms with Crippen molar-refractivity contribution in [3.8, 4) is 0 Å². The lowest BCUT2D eigenvalue weighted by Gasteiger charge is -2.27. The third kappa shape index (κ3) is 9.52. The van der Waals surface area contributed by atoms with Crippen molar-refractivity contribution < 1.29 is 32.9 Å². The second-order valence-electron chi connectivity index (χ2n) is 4.86. The van der Waals surface area contributed by atoms with E-state index < -0.39 is 19.8 Å². The summed E-state index contributed by atoms with van der Waals surface area (Å²) in [6, 6.07) is -1.14. The van der Waals surface area contributed by atoms with Crippen molar-refractivity contribution in [2.24, 2.45) is 5.73 Å². The Kier molecular flexibility index (Phi) is 6.98. The van der Waals surface area contributed by atoms with E-state index in [9.17, 15) is 14.3 Å². The summed E-state index contributed by atoms with van der Waals surface area (Å²) in [5, 5.41) is 8.48. The average Bonchev–Trinajstić information content (AvgIpc) is 2.14. The van der Waals surface area contributed by atoms with Crippen molar-refractivity contribution in [1.82, 2.24) is 0 Å². The van der Waals surface area contributed by atoms with Crippen LogP contribution in [0.25, 0.3) is 0 Å². The molecule has 2 atom stereocenters. The largest absolute Gasteiger partial charge is 0.756 e. The molecule has 0 bridgehead atoms. The van der Waals surface area contributed by atoms with Gasteiger partial charge in [0.1, 0.15) is 19.2 Å². The molecular weight excluding hydrogens is 263 g/mol. The zero-order valence-electron chi connectivity index (χ0n) is 10.9. The molecular formula is C9H21N2O6P.